The molecule has 180 valence electrons. The average molecular weight is 447 g/mol. The van der Waals surface area contributed by atoms with Crippen molar-refractivity contribution in [1.82, 2.24) is 0 Å². The number of carbonyl (C=O) groups is 3. The molecule has 4 saturated carbocycles. The quantitative estimate of drug-likeness (QED) is 0.564. The minimum absolute atomic E-state index is 0.0504. The van der Waals surface area contributed by atoms with Gasteiger partial charge in [0.15, 0.2) is 0 Å². The van der Waals surface area contributed by atoms with Crippen LogP contribution in [0, 0.1) is 52.3 Å². The van der Waals surface area contributed by atoms with Crippen LogP contribution in [0.2, 0.25) is 0 Å². The molecule has 0 aromatic rings. The number of carbonyl (C=O) groups excluding carboxylic acids is 2. The van der Waals surface area contributed by atoms with Gasteiger partial charge in [-0.3, -0.25) is 14.4 Å². The Kier molecular flexibility index (Phi) is 6.26. The lowest BCUT2D eigenvalue weighted by Crippen LogP contribution is -2.60. The van der Waals surface area contributed by atoms with Crippen molar-refractivity contribution in [2.24, 2.45) is 52.3 Å². The van der Waals surface area contributed by atoms with Gasteiger partial charge in [-0.15, -0.1) is 0 Å². The SMILES string of the molecule is CC[C@H]1C(=O)C2C(CC[C@@]3(C)C2CC[C@@H]3[C@H](C)CC(=O)O)[C@@]2(C)CC[C@@H](OC(C)=O)CC12. The maximum absolute atomic E-state index is 14.1. The molecule has 10 atom stereocenters. The van der Waals surface area contributed by atoms with Gasteiger partial charge in [0, 0.05) is 25.2 Å². The summed E-state index contributed by atoms with van der Waals surface area (Å²) in [6.07, 6.45) is 8.08. The fourth-order valence-corrected chi connectivity index (χ4v) is 9.35. The Morgan fingerprint density at radius 2 is 1.72 bits per heavy atom. The van der Waals surface area contributed by atoms with E-state index < -0.39 is 5.97 Å². The molecule has 5 heteroatoms. The van der Waals surface area contributed by atoms with Crippen molar-refractivity contribution in [2.45, 2.75) is 98.5 Å². The summed E-state index contributed by atoms with van der Waals surface area (Å²) in [5, 5.41) is 9.37. The van der Waals surface area contributed by atoms with Crippen molar-refractivity contribution >= 4 is 17.7 Å². The second-order valence-electron chi connectivity index (χ2n) is 12.1. The molecule has 32 heavy (non-hydrogen) atoms. The molecule has 4 rings (SSSR count). The van der Waals surface area contributed by atoms with E-state index in [1.54, 1.807) is 0 Å². The van der Waals surface area contributed by atoms with Crippen molar-refractivity contribution in [3.8, 4) is 0 Å². The van der Waals surface area contributed by atoms with Gasteiger partial charge in [0.1, 0.15) is 11.9 Å². The van der Waals surface area contributed by atoms with E-state index in [-0.39, 0.29) is 47.1 Å². The number of carboxylic acids is 1. The second kappa shape index (κ2) is 8.43. The number of hydrogen-bond donors (Lipinski definition) is 1. The van der Waals surface area contributed by atoms with E-state index >= 15 is 0 Å². The van der Waals surface area contributed by atoms with Crippen LogP contribution in [-0.2, 0) is 19.1 Å². The number of ketones is 1. The van der Waals surface area contributed by atoms with Gasteiger partial charge < -0.3 is 9.84 Å². The minimum Gasteiger partial charge on any atom is -0.481 e. The van der Waals surface area contributed by atoms with Crippen molar-refractivity contribution in [1.29, 1.82) is 0 Å². The summed E-state index contributed by atoms with van der Waals surface area (Å²) in [6, 6.07) is 0. The maximum atomic E-state index is 14.1. The first-order valence-corrected chi connectivity index (χ1v) is 13.0. The fraction of sp³-hybridized carbons (Fsp3) is 0.889. The number of ether oxygens (including phenoxy) is 1. The van der Waals surface area contributed by atoms with Crippen molar-refractivity contribution in [2.75, 3.05) is 0 Å². The summed E-state index contributed by atoms with van der Waals surface area (Å²) >= 11 is 0. The zero-order valence-electron chi connectivity index (χ0n) is 20.6. The maximum Gasteiger partial charge on any atom is 0.303 e. The summed E-state index contributed by atoms with van der Waals surface area (Å²) in [4.78, 5) is 37.0. The Bertz CT molecular complexity index is 776. The summed E-state index contributed by atoms with van der Waals surface area (Å²) in [5.41, 5.74) is 0.199. The number of Topliss-reactive ketones (excluding diaryl/α,β-unsaturated/α-hetero) is 1. The summed E-state index contributed by atoms with van der Waals surface area (Å²) in [5.74, 6) is 1.35. The first-order valence-electron chi connectivity index (χ1n) is 13.0. The van der Waals surface area contributed by atoms with E-state index in [0.717, 1.165) is 51.4 Å². The normalized spacial score (nSPS) is 46.5. The molecule has 0 aromatic heterocycles. The van der Waals surface area contributed by atoms with E-state index in [1.165, 1.54) is 6.92 Å². The topological polar surface area (TPSA) is 80.7 Å². The van der Waals surface area contributed by atoms with Crippen LogP contribution < -0.4 is 0 Å². The van der Waals surface area contributed by atoms with Gasteiger partial charge >= 0.3 is 11.9 Å². The Morgan fingerprint density at radius 3 is 2.34 bits per heavy atom. The summed E-state index contributed by atoms with van der Waals surface area (Å²) < 4.78 is 5.61. The number of fused-ring (bicyclic) bond motifs is 5. The Hall–Kier alpha value is -1.39. The molecule has 0 amide bonds. The predicted molar refractivity (Wildman–Crippen MR) is 122 cm³/mol. The molecule has 0 radical (unpaired) electrons. The fourth-order valence-electron chi connectivity index (χ4n) is 9.35. The molecule has 4 unspecified atom stereocenters. The highest BCUT2D eigenvalue weighted by Crippen LogP contribution is 2.68. The largest absolute Gasteiger partial charge is 0.481 e. The highest BCUT2D eigenvalue weighted by molar-refractivity contribution is 5.86. The third-order valence-electron chi connectivity index (χ3n) is 10.7. The molecule has 4 aliphatic carbocycles. The number of rotatable bonds is 5. The molecule has 5 nitrogen and oxygen atoms in total. The summed E-state index contributed by atoms with van der Waals surface area (Å²) in [7, 11) is 0. The van der Waals surface area contributed by atoms with Gasteiger partial charge in [-0.05, 0) is 91.8 Å². The van der Waals surface area contributed by atoms with Gasteiger partial charge in [-0.2, -0.15) is 0 Å². The van der Waals surface area contributed by atoms with Crippen LogP contribution >= 0.6 is 0 Å². The lowest BCUT2D eigenvalue weighted by Gasteiger charge is -2.62. The molecule has 0 bridgehead atoms. The Morgan fingerprint density at radius 1 is 1.06 bits per heavy atom. The predicted octanol–water partition coefficient (Wildman–Crippen LogP) is 5.50. The molecule has 4 fully saturated rings. The minimum atomic E-state index is -0.710. The molecule has 0 heterocycles. The number of esters is 1. The highest BCUT2D eigenvalue weighted by atomic mass is 16.5. The van der Waals surface area contributed by atoms with Crippen LogP contribution in [0.5, 0.6) is 0 Å². The van der Waals surface area contributed by atoms with Crippen LogP contribution in [0.4, 0.5) is 0 Å². The molecule has 0 spiro atoms. The zero-order valence-corrected chi connectivity index (χ0v) is 20.6. The van der Waals surface area contributed by atoms with Gasteiger partial charge in [0.2, 0.25) is 0 Å². The van der Waals surface area contributed by atoms with Crippen LogP contribution in [0.25, 0.3) is 0 Å². The molecule has 4 aliphatic rings. The lowest BCUT2D eigenvalue weighted by molar-refractivity contribution is -0.178. The van der Waals surface area contributed by atoms with Gasteiger partial charge in [-0.1, -0.05) is 27.7 Å². The van der Waals surface area contributed by atoms with Crippen LogP contribution in [0.15, 0.2) is 0 Å². The second-order valence-corrected chi connectivity index (χ2v) is 12.1. The van der Waals surface area contributed by atoms with Crippen LogP contribution in [0.3, 0.4) is 0 Å². The third-order valence-corrected chi connectivity index (χ3v) is 10.7. The molecule has 0 aromatic carbocycles. The third kappa shape index (κ3) is 3.62. The van der Waals surface area contributed by atoms with E-state index in [0.29, 0.717) is 29.5 Å². The molecular formula is C27H42O5. The van der Waals surface area contributed by atoms with E-state index in [1.807, 2.05) is 0 Å². The first kappa shape index (κ1) is 23.8. The molecule has 0 saturated heterocycles. The zero-order chi connectivity index (χ0) is 23.4. The average Bonchev–Trinajstić information content (AvgIpc) is 3.05. The van der Waals surface area contributed by atoms with E-state index in [4.69, 9.17) is 4.74 Å². The van der Waals surface area contributed by atoms with Gasteiger partial charge in [0.25, 0.3) is 0 Å². The van der Waals surface area contributed by atoms with Crippen LogP contribution in [0.1, 0.15) is 92.4 Å². The van der Waals surface area contributed by atoms with Crippen LogP contribution in [-0.4, -0.2) is 28.9 Å². The highest BCUT2D eigenvalue weighted by Gasteiger charge is 2.65. The number of aliphatic carboxylic acids is 1. The van der Waals surface area contributed by atoms with Crippen molar-refractivity contribution in [3.05, 3.63) is 0 Å². The molecule has 0 aliphatic heterocycles. The monoisotopic (exact) mass is 446 g/mol. The van der Waals surface area contributed by atoms with E-state index in [9.17, 15) is 19.5 Å². The Balaban J connectivity index is 1.63. The number of hydrogen-bond acceptors (Lipinski definition) is 4. The first-order chi connectivity index (χ1) is 15.0. The smallest absolute Gasteiger partial charge is 0.303 e. The van der Waals surface area contributed by atoms with E-state index in [2.05, 4.69) is 27.7 Å². The summed E-state index contributed by atoms with van der Waals surface area (Å²) in [6.45, 7) is 10.5. The van der Waals surface area contributed by atoms with Gasteiger partial charge in [-0.25, -0.2) is 0 Å². The number of carboxylic acid groups (broad SMARTS) is 1. The van der Waals surface area contributed by atoms with Crippen molar-refractivity contribution < 1.29 is 24.2 Å². The Labute approximate surface area is 193 Å². The lowest BCUT2D eigenvalue weighted by atomic mass is 9.42. The molecular weight excluding hydrogens is 404 g/mol. The van der Waals surface area contributed by atoms with Gasteiger partial charge in [0.05, 0.1) is 0 Å². The molecule has 1 N–H and O–H groups in total. The standard InChI is InChI=1S/C27H42O5/c1-6-18-22-14-17(32-16(3)28)9-11-27(22,5)21-10-12-26(4)19(15(2)13-23(29)30)7-8-20(26)24(21)25(18)31/h15,17-22,24H,6-14H2,1-5H3,(H,29,30)/t15-,17-,18-,19-,20?,21?,22?,24?,26-,27-/m1/s1. The van der Waals surface area contributed by atoms with Crippen molar-refractivity contribution in [3.63, 3.8) is 0 Å².